The van der Waals surface area contributed by atoms with E-state index in [0.717, 1.165) is 15.6 Å². The Bertz CT molecular complexity index is 749. The summed E-state index contributed by atoms with van der Waals surface area (Å²) in [6.07, 6.45) is 0.644. The Morgan fingerprint density at radius 3 is 2.55 bits per heavy atom. The second-order valence-electron chi connectivity index (χ2n) is 4.95. The smallest absolute Gasteiger partial charge is 0.128 e. The van der Waals surface area contributed by atoms with E-state index in [0.29, 0.717) is 12.0 Å². The van der Waals surface area contributed by atoms with Crippen molar-refractivity contribution in [3.05, 3.63) is 70.9 Å². The van der Waals surface area contributed by atoms with Crippen LogP contribution in [0.1, 0.15) is 24.5 Å². The molecule has 0 spiro atoms. The fraction of sp³-hybridized carbons (Fsp3) is 0.176. The third kappa shape index (κ3) is 1.94. The van der Waals surface area contributed by atoms with Crippen molar-refractivity contribution < 1.29 is 4.39 Å². The lowest BCUT2D eigenvalue weighted by Gasteiger charge is -2.30. The molecule has 0 saturated heterocycles. The molecule has 0 aliphatic carbocycles. The topological polar surface area (TPSA) is 26.0 Å². The lowest BCUT2D eigenvalue weighted by Crippen LogP contribution is -2.38. The summed E-state index contributed by atoms with van der Waals surface area (Å²) in [5.41, 5.74) is 7.39. The molecule has 0 amide bonds. The fourth-order valence-corrected chi connectivity index (χ4v) is 3.69. The van der Waals surface area contributed by atoms with Gasteiger partial charge >= 0.3 is 0 Å². The average molecular weight is 285 g/mol. The molecule has 2 aromatic carbocycles. The van der Waals surface area contributed by atoms with Crippen LogP contribution in [0.4, 0.5) is 4.39 Å². The Morgan fingerprint density at radius 1 is 1.05 bits per heavy atom. The largest absolute Gasteiger partial charge is 0.318 e. The maximum Gasteiger partial charge on any atom is 0.128 e. The van der Waals surface area contributed by atoms with Crippen LogP contribution in [0.25, 0.3) is 10.1 Å². The van der Waals surface area contributed by atoms with Gasteiger partial charge in [0.25, 0.3) is 0 Å². The summed E-state index contributed by atoms with van der Waals surface area (Å²) in [6.45, 7) is 2.00. The van der Waals surface area contributed by atoms with Gasteiger partial charge in [-0.25, -0.2) is 4.39 Å². The zero-order chi connectivity index (χ0) is 14.2. The van der Waals surface area contributed by atoms with Gasteiger partial charge in [0.2, 0.25) is 0 Å². The molecule has 0 bridgehead atoms. The van der Waals surface area contributed by atoms with Crippen LogP contribution in [-0.2, 0) is 5.54 Å². The summed E-state index contributed by atoms with van der Waals surface area (Å²) < 4.78 is 15.3. The van der Waals surface area contributed by atoms with Gasteiger partial charge in [-0.2, -0.15) is 0 Å². The number of hydrogen-bond donors (Lipinski definition) is 1. The third-order valence-corrected chi connectivity index (χ3v) is 4.84. The summed E-state index contributed by atoms with van der Waals surface area (Å²) in [7, 11) is 0. The quantitative estimate of drug-likeness (QED) is 0.744. The number of thiophene rings is 1. The first kappa shape index (κ1) is 13.3. The molecule has 3 aromatic rings. The Labute approximate surface area is 121 Å². The molecule has 1 unspecified atom stereocenters. The molecule has 1 atom stereocenters. The van der Waals surface area contributed by atoms with E-state index in [1.54, 1.807) is 23.5 Å². The highest BCUT2D eigenvalue weighted by Crippen LogP contribution is 2.38. The summed E-state index contributed by atoms with van der Waals surface area (Å²) in [4.78, 5) is 0. The standard InChI is InChI=1S/C17H16FNS/c1-2-17(19,13-7-3-4-9-15(13)18)14-8-5-6-12-10-11-20-16(12)14/h3-11H,2,19H2,1H3. The average Bonchev–Trinajstić information content (AvgIpc) is 2.95. The molecule has 0 radical (unpaired) electrons. The molecule has 102 valence electrons. The van der Waals surface area contributed by atoms with E-state index in [-0.39, 0.29) is 5.82 Å². The van der Waals surface area contributed by atoms with E-state index in [2.05, 4.69) is 12.1 Å². The van der Waals surface area contributed by atoms with Gasteiger partial charge in [-0.3, -0.25) is 0 Å². The Morgan fingerprint density at radius 2 is 1.80 bits per heavy atom. The lowest BCUT2D eigenvalue weighted by molar-refractivity contribution is 0.483. The molecular weight excluding hydrogens is 269 g/mol. The van der Waals surface area contributed by atoms with E-state index < -0.39 is 5.54 Å². The maximum atomic E-state index is 14.2. The second kappa shape index (κ2) is 5.00. The SMILES string of the molecule is CCC(N)(c1ccccc1F)c1cccc2ccsc12. The van der Waals surface area contributed by atoms with Gasteiger partial charge < -0.3 is 5.73 Å². The Hall–Kier alpha value is -1.71. The molecule has 3 heteroatoms. The van der Waals surface area contributed by atoms with Crippen LogP contribution >= 0.6 is 11.3 Å². The molecule has 0 aliphatic rings. The molecule has 2 N–H and O–H groups in total. The summed E-state index contributed by atoms with van der Waals surface area (Å²) in [5, 5.41) is 3.21. The van der Waals surface area contributed by atoms with Gasteiger partial charge in [-0.15, -0.1) is 11.3 Å². The second-order valence-corrected chi connectivity index (χ2v) is 5.87. The van der Waals surface area contributed by atoms with Gasteiger partial charge in [0.15, 0.2) is 0 Å². The van der Waals surface area contributed by atoms with Crippen LogP contribution < -0.4 is 5.73 Å². The number of hydrogen-bond acceptors (Lipinski definition) is 2. The molecule has 1 aromatic heterocycles. The zero-order valence-electron chi connectivity index (χ0n) is 11.3. The predicted octanol–water partition coefficient (Wildman–Crippen LogP) is 4.65. The van der Waals surface area contributed by atoms with Crippen molar-refractivity contribution in [2.45, 2.75) is 18.9 Å². The minimum absolute atomic E-state index is 0.245. The molecule has 0 aliphatic heterocycles. The van der Waals surface area contributed by atoms with Crippen LogP contribution in [0.3, 0.4) is 0 Å². The summed E-state index contributed by atoms with van der Waals surface area (Å²) in [6, 6.07) is 14.9. The molecular formula is C17H16FNS. The molecule has 20 heavy (non-hydrogen) atoms. The summed E-state index contributed by atoms with van der Waals surface area (Å²) >= 11 is 1.65. The van der Waals surface area contributed by atoms with Crippen molar-refractivity contribution >= 4 is 21.4 Å². The minimum atomic E-state index is -0.796. The molecule has 0 fully saturated rings. The van der Waals surface area contributed by atoms with Gasteiger partial charge in [-0.05, 0) is 34.9 Å². The first-order valence-electron chi connectivity index (χ1n) is 6.67. The van der Waals surface area contributed by atoms with E-state index in [4.69, 9.17) is 5.73 Å². The van der Waals surface area contributed by atoms with Gasteiger partial charge in [0, 0.05) is 10.3 Å². The highest BCUT2D eigenvalue weighted by atomic mass is 32.1. The van der Waals surface area contributed by atoms with Crippen LogP contribution in [-0.4, -0.2) is 0 Å². The monoisotopic (exact) mass is 285 g/mol. The van der Waals surface area contributed by atoms with Gasteiger partial charge in [0.05, 0.1) is 5.54 Å². The van der Waals surface area contributed by atoms with E-state index in [1.165, 1.54) is 6.07 Å². The van der Waals surface area contributed by atoms with Crippen molar-refractivity contribution in [2.75, 3.05) is 0 Å². The van der Waals surface area contributed by atoms with Crippen molar-refractivity contribution in [3.8, 4) is 0 Å². The Balaban J connectivity index is 2.28. The zero-order valence-corrected chi connectivity index (χ0v) is 12.1. The van der Waals surface area contributed by atoms with Gasteiger partial charge in [-0.1, -0.05) is 43.3 Å². The third-order valence-electron chi connectivity index (χ3n) is 3.87. The number of benzene rings is 2. The van der Waals surface area contributed by atoms with Gasteiger partial charge in [0.1, 0.15) is 5.82 Å². The highest BCUT2D eigenvalue weighted by Gasteiger charge is 2.32. The lowest BCUT2D eigenvalue weighted by atomic mass is 9.81. The number of halogens is 1. The molecule has 0 saturated carbocycles. The molecule has 3 rings (SSSR count). The number of rotatable bonds is 3. The van der Waals surface area contributed by atoms with Crippen LogP contribution in [0.15, 0.2) is 53.9 Å². The van der Waals surface area contributed by atoms with Crippen LogP contribution in [0.2, 0.25) is 0 Å². The minimum Gasteiger partial charge on any atom is -0.318 e. The Kier molecular flexibility index (Phi) is 3.32. The van der Waals surface area contributed by atoms with Crippen LogP contribution in [0.5, 0.6) is 0 Å². The van der Waals surface area contributed by atoms with Crippen molar-refractivity contribution in [1.29, 1.82) is 0 Å². The van der Waals surface area contributed by atoms with E-state index >= 15 is 0 Å². The summed E-state index contributed by atoms with van der Waals surface area (Å²) in [5.74, 6) is -0.245. The number of nitrogens with two attached hydrogens (primary N) is 1. The van der Waals surface area contributed by atoms with Crippen molar-refractivity contribution in [2.24, 2.45) is 5.73 Å². The number of fused-ring (bicyclic) bond motifs is 1. The highest BCUT2D eigenvalue weighted by molar-refractivity contribution is 7.17. The first-order chi connectivity index (χ1) is 9.66. The maximum absolute atomic E-state index is 14.2. The van der Waals surface area contributed by atoms with Crippen molar-refractivity contribution in [1.82, 2.24) is 0 Å². The van der Waals surface area contributed by atoms with Crippen molar-refractivity contribution in [3.63, 3.8) is 0 Å². The van der Waals surface area contributed by atoms with E-state index in [1.807, 2.05) is 30.5 Å². The predicted molar refractivity (Wildman–Crippen MR) is 83.5 cm³/mol. The molecule has 1 nitrogen and oxygen atoms in total. The normalized spacial score (nSPS) is 14.3. The fourth-order valence-electron chi connectivity index (χ4n) is 2.69. The van der Waals surface area contributed by atoms with Crippen LogP contribution in [0, 0.1) is 5.82 Å². The molecule has 1 heterocycles. The first-order valence-corrected chi connectivity index (χ1v) is 7.55. The van der Waals surface area contributed by atoms with E-state index in [9.17, 15) is 4.39 Å².